The van der Waals surface area contributed by atoms with Crippen molar-refractivity contribution in [2.45, 2.75) is 108 Å². The maximum absolute atomic E-state index is 12.2. The maximum atomic E-state index is 12.2. The van der Waals surface area contributed by atoms with E-state index >= 15 is 0 Å². The van der Waals surface area contributed by atoms with Crippen LogP contribution in [0.3, 0.4) is 0 Å². The average molecular weight is 461 g/mol. The molecule has 0 aromatic rings. The number of unbranched alkanes of at least 4 members (excludes halogenated alkanes) is 10. The molecule has 0 saturated heterocycles. The van der Waals surface area contributed by atoms with Crippen LogP contribution in [0.4, 0.5) is 0 Å². The number of hydrogen-bond donors (Lipinski definition) is 5. The summed E-state index contributed by atoms with van der Waals surface area (Å²) in [7, 11) is 0. The van der Waals surface area contributed by atoms with Gasteiger partial charge in [-0.2, -0.15) is 0 Å². The topological polar surface area (TPSA) is 154 Å². The molecule has 0 aromatic heterocycles. The van der Waals surface area contributed by atoms with Crippen molar-refractivity contribution in [3.63, 3.8) is 0 Å². The predicted octanol–water partition coefficient (Wildman–Crippen LogP) is 2.04. The summed E-state index contributed by atoms with van der Waals surface area (Å²) in [4.78, 5) is 24.0. The number of carbonyl (C=O) groups is 2. The van der Waals surface area contributed by atoms with Gasteiger partial charge in [0, 0.05) is 6.42 Å². The number of esters is 1. The highest BCUT2D eigenvalue weighted by atomic mass is 16.6. The van der Waals surface area contributed by atoms with Crippen LogP contribution < -0.4 is 0 Å². The van der Waals surface area contributed by atoms with Gasteiger partial charge in [-0.15, -0.1) is 0 Å². The molecule has 186 valence electrons. The summed E-state index contributed by atoms with van der Waals surface area (Å²) < 4.78 is 9.71. The Morgan fingerprint density at radius 3 is 2.03 bits per heavy atom. The van der Waals surface area contributed by atoms with Gasteiger partial charge in [0.1, 0.15) is 24.9 Å². The monoisotopic (exact) mass is 460 g/mol. The molecule has 0 aliphatic carbocycles. The summed E-state index contributed by atoms with van der Waals surface area (Å²) >= 11 is 0. The molecule has 1 aliphatic heterocycles. The van der Waals surface area contributed by atoms with Crippen LogP contribution in [0.1, 0.15) is 84.0 Å². The number of hydrogen-bond acceptors (Lipinski definition) is 9. The number of aliphatic hydroxyl groups is 5. The molecule has 0 amide bonds. The third-order valence-electron chi connectivity index (χ3n) is 5.54. The van der Waals surface area contributed by atoms with Crippen molar-refractivity contribution in [2.24, 2.45) is 0 Å². The summed E-state index contributed by atoms with van der Waals surface area (Å²) in [5, 5.41) is 48.4. The van der Waals surface area contributed by atoms with Gasteiger partial charge < -0.3 is 35.0 Å². The van der Waals surface area contributed by atoms with E-state index in [4.69, 9.17) is 14.6 Å². The number of ketones is 1. The summed E-state index contributed by atoms with van der Waals surface area (Å²) in [6.45, 7) is 1.12. The Balaban J connectivity index is 2.29. The van der Waals surface area contributed by atoms with Gasteiger partial charge in [0.15, 0.2) is 17.6 Å². The van der Waals surface area contributed by atoms with Crippen molar-refractivity contribution in [1.82, 2.24) is 0 Å². The minimum absolute atomic E-state index is 0.0758. The van der Waals surface area contributed by atoms with E-state index in [2.05, 4.69) is 6.92 Å². The molecule has 1 heterocycles. The third-order valence-corrected chi connectivity index (χ3v) is 5.54. The summed E-state index contributed by atoms with van der Waals surface area (Å²) in [5.41, 5.74) is 0. The number of aliphatic hydroxyl groups excluding tert-OH is 5. The fraction of sp³-hybridized carbons (Fsp3) is 0.826. The summed E-state index contributed by atoms with van der Waals surface area (Å²) in [6, 6.07) is 0. The molecule has 1 rings (SSSR count). The first kappa shape index (κ1) is 28.4. The molecular weight excluding hydrogens is 420 g/mol. The fourth-order valence-electron chi connectivity index (χ4n) is 3.52. The Morgan fingerprint density at radius 2 is 1.50 bits per heavy atom. The lowest BCUT2D eigenvalue weighted by molar-refractivity contribution is -0.155. The SMILES string of the molecule is CCCCCCCCCCCCCC(=O)C(O)[C@H](O)[C@H]1OC(=O)C(OCC(O)CO)=C1O. The second kappa shape index (κ2) is 16.0. The minimum Gasteiger partial charge on any atom is -0.505 e. The van der Waals surface area contributed by atoms with Gasteiger partial charge in [0.2, 0.25) is 5.76 Å². The Hall–Kier alpha value is -1.68. The van der Waals surface area contributed by atoms with Crippen molar-refractivity contribution in [3.8, 4) is 0 Å². The van der Waals surface area contributed by atoms with Gasteiger partial charge in [0.25, 0.3) is 0 Å². The molecule has 32 heavy (non-hydrogen) atoms. The van der Waals surface area contributed by atoms with E-state index < -0.39 is 60.9 Å². The third kappa shape index (κ3) is 9.85. The molecule has 5 N–H and O–H groups in total. The van der Waals surface area contributed by atoms with Crippen molar-refractivity contribution in [3.05, 3.63) is 11.5 Å². The van der Waals surface area contributed by atoms with E-state index in [1.165, 1.54) is 44.9 Å². The normalized spacial score (nSPS) is 19.0. The van der Waals surface area contributed by atoms with E-state index in [9.17, 15) is 30.0 Å². The molecule has 0 radical (unpaired) electrons. The lowest BCUT2D eigenvalue weighted by Gasteiger charge is -2.21. The van der Waals surface area contributed by atoms with Gasteiger partial charge in [-0.05, 0) is 6.42 Å². The smallest absolute Gasteiger partial charge is 0.378 e. The summed E-state index contributed by atoms with van der Waals surface area (Å²) in [5.74, 6) is -3.09. The van der Waals surface area contributed by atoms with Gasteiger partial charge in [-0.3, -0.25) is 4.79 Å². The zero-order valence-corrected chi connectivity index (χ0v) is 19.1. The van der Waals surface area contributed by atoms with Crippen LogP contribution in [0.5, 0.6) is 0 Å². The van der Waals surface area contributed by atoms with Crippen LogP contribution in [-0.4, -0.2) is 74.9 Å². The van der Waals surface area contributed by atoms with E-state index in [1.807, 2.05) is 0 Å². The van der Waals surface area contributed by atoms with Crippen LogP contribution in [0, 0.1) is 0 Å². The molecule has 0 aromatic carbocycles. The minimum atomic E-state index is -1.84. The number of Topliss-reactive ketones (excluding diaryl/α,β-unsaturated/α-hetero) is 1. The lowest BCUT2D eigenvalue weighted by atomic mass is 9.98. The molecule has 4 atom stereocenters. The van der Waals surface area contributed by atoms with Crippen LogP contribution in [0.25, 0.3) is 0 Å². The van der Waals surface area contributed by atoms with Crippen molar-refractivity contribution in [2.75, 3.05) is 13.2 Å². The Labute approximate surface area is 190 Å². The van der Waals surface area contributed by atoms with Crippen molar-refractivity contribution < 1.29 is 44.6 Å². The first-order chi connectivity index (χ1) is 15.3. The standard InChI is InChI=1S/C23H40O9/c1-2-3-4-5-6-7-8-9-10-11-12-13-17(26)18(27)19(28)21-20(29)22(23(30)32-21)31-15-16(25)14-24/h16,18-19,21,24-25,27-29H,2-15H2,1H3/t16?,18?,19-,21+/m0/s1. The van der Waals surface area contributed by atoms with E-state index in [0.717, 1.165) is 19.3 Å². The lowest BCUT2D eigenvalue weighted by Crippen LogP contribution is -2.43. The zero-order chi connectivity index (χ0) is 23.9. The predicted molar refractivity (Wildman–Crippen MR) is 117 cm³/mol. The zero-order valence-electron chi connectivity index (χ0n) is 19.1. The van der Waals surface area contributed by atoms with Crippen molar-refractivity contribution in [1.29, 1.82) is 0 Å². The van der Waals surface area contributed by atoms with E-state index in [-0.39, 0.29) is 6.42 Å². The molecule has 1 aliphatic rings. The van der Waals surface area contributed by atoms with Gasteiger partial charge in [0.05, 0.1) is 6.61 Å². The maximum Gasteiger partial charge on any atom is 0.378 e. The van der Waals surface area contributed by atoms with Gasteiger partial charge >= 0.3 is 5.97 Å². The van der Waals surface area contributed by atoms with Crippen LogP contribution >= 0.6 is 0 Å². The second-order valence-corrected chi connectivity index (χ2v) is 8.37. The van der Waals surface area contributed by atoms with Gasteiger partial charge in [-0.25, -0.2) is 4.79 Å². The van der Waals surface area contributed by atoms with Gasteiger partial charge in [-0.1, -0.05) is 71.1 Å². The Bertz CT molecular complexity index is 590. The number of ether oxygens (including phenoxy) is 2. The highest BCUT2D eigenvalue weighted by molar-refractivity contribution is 5.90. The Morgan fingerprint density at radius 1 is 0.969 bits per heavy atom. The molecule has 9 heteroatoms. The largest absolute Gasteiger partial charge is 0.505 e. The van der Waals surface area contributed by atoms with E-state index in [0.29, 0.717) is 6.42 Å². The molecule has 0 saturated carbocycles. The fourth-order valence-corrected chi connectivity index (χ4v) is 3.52. The summed E-state index contributed by atoms with van der Waals surface area (Å²) in [6.07, 6.45) is 5.88. The number of rotatable bonds is 19. The molecule has 0 fully saturated rings. The van der Waals surface area contributed by atoms with Crippen LogP contribution in [0.15, 0.2) is 11.5 Å². The molecule has 2 unspecified atom stereocenters. The number of carbonyl (C=O) groups excluding carboxylic acids is 2. The first-order valence-electron chi connectivity index (χ1n) is 11.8. The molecule has 9 nitrogen and oxygen atoms in total. The first-order valence-corrected chi connectivity index (χ1v) is 11.8. The highest BCUT2D eigenvalue weighted by Crippen LogP contribution is 2.26. The van der Waals surface area contributed by atoms with Crippen LogP contribution in [-0.2, 0) is 19.1 Å². The second-order valence-electron chi connectivity index (χ2n) is 8.37. The van der Waals surface area contributed by atoms with Crippen molar-refractivity contribution >= 4 is 11.8 Å². The van der Waals surface area contributed by atoms with Crippen LogP contribution in [0.2, 0.25) is 0 Å². The molecule has 0 bridgehead atoms. The molecule has 0 spiro atoms. The highest BCUT2D eigenvalue weighted by Gasteiger charge is 2.44. The molecular formula is C23H40O9. The quantitative estimate of drug-likeness (QED) is 0.144. The van der Waals surface area contributed by atoms with E-state index in [1.54, 1.807) is 0 Å². The average Bonchev–Trinajstić information content (AvgIpc) is 3.07. The number of cyclic esters (lactones) is 1. The Kier molecular flexibility index (Phi) is 14.2.